The molecule has 1 aromatic rings. The van der Waals surface area contributed by atoms with E-state index >= 15 is 0 Å². The van der Waals surface area contributed by atoms with E-state index in [1.165, 1.54) is 23.8 Å². The van der Waals surface area contributed by atoms with Crippen LogP contribution in [0.2, 0.25) is 0 Å². The molecule has 0 saturated heterocycles. The Balaban J connectivity index is 1.20. The number of fused-ring (bicyclic) bond motifs is 5. The Morgan fingerprint density at radius 3 is 2.60 bits per heavy atom. The number of hydrogen-bond acceptors (Lipinski definition) is 9. The number of rotatable bonds is 8. The van der Waals surface area contributed by atoms with Crippen molar-refractivity contribution in [3.05, 3.63) is 46.7 Å². The van der Waals surface area contributed by atoms with Crippen molar-refractivity contribution in [2.45, 2.75) is 89.9 Å². The standard InChI is InChI=1S/C31H42N3O8/c1-29-12-9-20(16-19(29)7-8-22-23(29)10-13-30(2)24(22)11-14-31(30,3)39)33-42-17-25(35)32-26(28(37)38)27(36)18-5-4-6-21(15-18)34(40)41/h4-6,15-16,22-24,26-27,36,39-40H,7-14,17H2,1-3H3,(H,32,35)(H,37,38)/q-1/b33-20+/t22-,23?,24?,26?,27?,29+,30+,31+/m1/s1. The molecule has 230 valence electrons. The summed E-state index contributed by atoms with van der Waals surface area (Å²) in [5.41, 5.74) is 1.42. The van der Waals surface area contributed by atoms with Gasteiger partial charge in [-0.2, -0.15) is 0 Å². The Bertz CT molecular complexity index is 1280. The molecule has 4 aliphatic carbocycles. The Labute approximate surface area is 245 Å². The first kappa shape index (κ1) is 30.5. The summed E-state index contributed by atoms with van der Waals surface area (Å²) in [6.45, 7) is 6.16. The average molecular weight is 585 g/mol. The first-order valence-corrected chi connectivity index (χ1v) is 14.9. The quantitative estimate of drug-likeness (QED) is 0.282. The first-order chi connectivity index (χ1) is 19.8. The Hall–Kier alpha value is -2.99. The fraction of sp³-hybridized carbons (Fsp3) is 0.645. The van der Waals surface area contributed by atoms with Crippen molar-refractivity contribution in [1.82, 2.24) is 5.32 Å². The van der Waals surface area contributed by atoms with Crippen molar-refractivity contribution in [1.29, 1.82) is 0 Å². The normalized spacial score (nSPS) is 36.1. The van der Waals surface area contributed by atoms with Crippen LogP contribution in [0.3, 0.4) is 0 Å². The van der Waals surface area contributed by atoms with Crippen LogP contribution in [0.5, 0.6) is 0 Å². The van der Waals surface area contributed by atoms with Gasteiger partial charge in [0.05, 0.1) is 17.0 Å². The molecule has 0 aromatic heterocycles. The number of allylic oxidation sites excluding steroid dienone is 2. The number of carboxylic acids is 1. The second kappa shape index (κ2) is 11.3. The molecule has 4 unspecified atom stereocenters. The molecular weight excluding hydrogens is 542 g/mol. The number of aliphatic carboxylic acids is 1. The van der Waals surface area contributed by atoms with E-state index in [-0.39, 0.29) is 22.1 Å². The summed E-state index contributed by atoms with van der Waals surface area (Å²) in [6.07, 6.45) is 8.28. The summed E-state index contributed by atoms with van der Waals surface area (Å²) in [6, 6.07) is 3.45. The number of carbonyl (C=O) groups excluding carboxylic acids is 1. The molecule has 0 bridgehead atoms. The van der Waals surface area contributed by atoms with Crippen LogP contribution < -0.4 is 10.5 Å². The number of carboxylic acid groups (broad SMARTS) is 1. The van der Waals surface area contributed by atoms with E-state index in [9.17, 15) is 30.1 Å². The molecule has 5 N–H and O–H groups in total. The van der Waals surface area contributed by atoms with Gasteiger partial charge in [-0.3, -0.25) is 10.0 Å². The summed E-state index contributed by atoms with van der Waals surface area (Å²) >= 11 is 0. The third kappa shape index (κ3) is 5.32. The van der Waals surface area contributed by atoms with Gasteiger partial charge in [-0.15, -0.1) is 0 Å². The topological polar surface area (TPSA) is 175 Å². The van der Waals surface area contributed by atoms with Gasteiger partial charge in [-0.25, -0.2) is 4.79 Å². The highest BCUT2D eigenvalue weighted by Gasteiger charge is 2.62. The van der Waals surface area contributed by atoms with Gasteiger partial charge in [0.25, 0.3) is 5.91 Å². The third-order valence-electron chi connectivity index (χ3n) is 11.2. The van der Waals surface area contributed by atoms with E-state index in [4.69, 9.17) is 10.0 Å². The monoisotopic (exact) mass is 584 g/mol. The van der Waals surface area contributed by atoms with E-state index in [0.29, 0.717) is 24.2 Å². The molecule has 0 radical (unpaired) electrons. The van der Waals surface area contributed by atoms with Gasteiger partial charge in [0.2, 0.25) is 0 Å². The number of benzene rings is 1. The van der Waals surface area contributed by atoms with E-state index < -0.39 is 41.5 Å². The van der Waals surface area contributed by atoms with E-state index in [1.807, 2.05) is 6.92 Å². The maximum Gasteiger partial charge on any atom is 0.329 e. The zero-order chi connectivity index (χ0) is 30.4. The van der Waals surface area contributed by atoms with E-state index in [1.54, 1.807) is 0 Å². The lowest BCUT2D eigenvalue weighted by atomic mass is 9.46. The average Bonchev–Trinajstić information content (AvgIpc) is 3.19. The summed E-state index contributed by atoms with van der Waals surface area (Å²) in [5, 5.41) is 57.5. The number of amides is 1. The molecule has 11 heteroatoms. The SMILES string of the molecule is C[C@]12CC/C(=N\OCC(=O)NC(C(=O)O)C(O)c3cccc(N([O-])O)c3)C=C1CC[C@@H]1C2CC[C@@]2(C)C1CC[C@]2(C)O. The number of hydrogen-bond donors (Lipinski definition) is 5. The summed E-state index contributed by atoms with van der Waals surface area (Å²) in [4.78, 5) is 29.6. The van der Waals surface area contributed by atoms with Crippen molar-refractivity contribution in [2.75, 3.05) is 11.8 Å². The lowest BCUT2D eigenvalue weighted by Gasteiger charge is -2.59. The van der Waals surface area contributed by atoms with Gasteiger partial charge in [-0.05, 0) is 111 Å². The minimum Gasteiger partial charge on any atom is -0.733 e. The number of anilines is 1. The van der Waals surface area contributed by atoms with Crippen LogP contribution in [-0.2, 0) is 14.4 Å². The molecule has 3 fully saturated rings. The Kier molecular flexibility index (Phi) is 8.17. The smallest absolute Gasteiger partial charge is 0.329 e. The zero-order valence-corrected chi connectivity index (χ0v) is 24.5. The van der Waals surface area contributed by atoms with Crippen LogP contribution in [0.25, 0.3) is 0 Å². The molecule has 4 aliphatic rings. The highest BCUT2D eigenvalue weighted by atomic mass is 16.8. The molecular formula is C31H42N3O8-. The van der Waals surface area contributed by atoms with Crippen LogP contribution >= 0.6 is 0 Å². The van der Waals surface area contributed by atoms with Gasteiger partial charge < -0.3 is 35.9 Å². The maximum absolute atomic E-state index is 12.5. The lowest BCUT2D eigenvalue weighted by molar-refractivity contribution is -0.146. The minimum absolute atomic E-state index is 0.0152. The predicted octanol–water partition coefficient (Wildman–Crippen LogP) is 4.07. The molecule has 8 atom stereocenters. The number of nitrogens with zero attached hydrogens (tertiary/aromatic N) is 2. The maximum atomic E-state index is 12.5. The van der Waals surface area contributed by atoms with Crippen molar-refractivity contribution in [3.8, 4) is 0 Å². The van der Waals surface area contributed by atoms with Gasteiger partial charge in [0.1, 0.15) is 6.10 Å². The molecule has 42 heavy (non-hydrogen) atoms. The van der Waals surface area contributed by atoms with E-state index in [0.717, 1.165) is 56.7 Å². The second-order valence-electron chi connectivity index (χ2n) is 13.3. The van der Waals surface area contributed by atoms with Crippen molar-refractivity contribution < 1.29 is 35.0 Å². The summed E-state index contributed by atoms with van der Waals surface area (Å²) in [7, 11) is 0. The number of carbonyl (C=O) groups is 2. The number of aliphatic hydroxyl groups is 2. The van der Waals surface area contributed by atoms with Crippen LogP contribution in [0.4, 0.5) is 5.69 Å². The van der Waals surface area contributed by atoms with Gasteiger partial charge >= 0.3 is 5.97 Å². The molecule has 0 heterocycles. The summed E-state index contributed by atoms with van der Waals surface area (Å²) in [5.74, 6) is -0.518. The second-order valence-corrected chi connectivity index (χ2v) is 13.3. The van der Waals surface area contributed by atoms with Gasteiger partial charge in [-0.1, -0.05) is 36.7 Å². The fourth-order valence-corrected chi connectivity index (χ4v) is 8.57. The van der Waals surface area contributed by atoms with Crippen molar-refractivity contribution in [2.24, 2.45) is 33.7 Å². The zero-order valence-electron chi connectivity index (χ0n) is 24.5. The Morgan fingerprint density at radius 1 is 1.14 bits per heavy atom. The van der Waals surface area contributed by atoms with Gasteiger partial charge in [0, 0.05) is 0 Å². The highest BCUT2D eigenvalue weighted by Crippen LogP contribution is 2.67. The first-order valence-electron chi connectivity index (χ1n) is 14.9. The number of oxime groups is 1. The van der Waals surface area contributed by atoms with Crippen molar-refractivity contribution >= 4 is 23.3 Å². The third-order valence-corrected chi connectivity index (χ3v) is 11.2. The Morgan fingerprint density at radius 2 is 1.88 bits per heavy atom. The molecule has 0 spiro atoms. The van der Waals surface area contributed by atoms with Crippen LogP contribution in [-0.4, -0.2) is 56.4 Å². The highest BCUT2D eigenvalue weighted by molar-refractivity contribution is 5.96. The molecule has 0 aliphatic heterocycles. The number of aliphatic hydroxyl groups excluding tert-OH is 1. The van der Waals surface area contributed by atoms with Crippen LogP contribution in [0.15, 0.2) is 41.1 Å². The van der Waals surface area contributed by atoms with Gasteiger partial charge in [0.15, 0.2) is 12.6 Å². The predicted molar refractivity (Wildman–Crippen MR) is 154 cm³/mol. The largest absolute Gasteiger partial charge is 0.733 e. The lowest BCUT2D eigenvalue weighted by Crippen LogP contribution is -2.53. The molecule has 5 rings (SSSR count). The molecule has 3 saturated carbocycles. The molecule has 11 nitrogen and oxygen atoms in total. The van der Waals surface area contributed by atoms with E-state index in [2.05, 4.69) is 30.4 Å². The molecule has 1 aromatic carbocycles. The van der Waals surface area contributed by atoms with Crippen molar-refractivity contribution in [3.63, 3.8) is 0 Å². The minimum atomic E-state index is -1.71. The van der Waals surface area contributed by atoms with Crippen LogP contribution in [0.1, 0.15) is 83.8 Å². The number of nitrogens with one attached hydrogen (secondary N) is 1. The van der Waals surface area contributed by atoms with Crippen LogP contribution in [0, 0.1) is 33.8 Å². The fourth-order valence-electron chi connectivity index (χ4n) is 8.57. The summed E-state index contributed by atoms with van der Waals surface area (Å²) < 4.78 is 0. The molecule has 1 amide bonds.